The van der Waals surface area contributed by atoms with E-state index in [4.69, 9.17) is 4.74 Å². The Hall–Kier alpha value is -1.51. The molecule has 0 aliphatic heterocycles. The predicted octanol–water partition coefficient (Wildman–Crippen LogP) is 3.77. The summed E-state index contributed by atoms with van der Waals surface area (Å²) in [5.41, 5.74) is 2.41. The summed E-state index contributed by atoms with van der Waals surface area (Å²) in [5.74, 6) is 0.741. The highest BCUT2D eigenvalue weighted by Crippen LogP contribution is 2.18. The lowest BCUT2D eigenvalue weighted by Gasteiger charge is -2.20. The molecule has 3 heteroatoms. The third kappa shape index (κ3) is 4.87. The summed E-state index contributed by atoms with van der Waals surface area (Å²) in [5, 5.41) is 3.01. The molecule has 1 aromatic carbocycles. The van der Waals surface area contributed by atoms with Crippen LogP contribution in [0.25, 0.3) is 0 Å². The van der Waals surface area contributed by atoms with E-state index in [1.54, 1.807) is 0 Å². The highest BCUT2D eigenvalue weighted by atomic mass is 16.5. The molecule has 0 aliphatic rings. The molecule has 0 saturated heterocycles. The minimum atomic E-state index is -0.420. The molecule has 0 bridgehead atoms. The molecule has 112 valence electrons. The Kier molecular flexibility index (Phi) is 6.56. The van der Waals surface area contributed by atoms with Crippen LogP contribution in [-0.2, 0) is 4.79 Å². The fourth-order valence-electron chi connectivity index (χ4n) is 2.11. The zero-order valence-corrected chi connectivity index (χ0v) is 13.3. The molecule has 1 rings (SSSR count). The van der Waals surface area contributed by atoms with Crippen LogP contribution in [0, 0.1) is 13.8 Å². The molecule has 2 unspecified atom stereocenters. The lowest BCUT2D eigenvalue weighted by molar-refractivity contribution is -0.128. The van der Waals surface area contributed by atoms with Gasteiger partial charge in [-0.2, -0.15) is 0 Å². The highest BCUT2D eigenvalue weighted by Gasteiger charge is 2.19. The normalized spacial score (nSPS) is 13.7. The topological polar surface area (TPSA) is 38.3 Å². The molecule has 20 heavy (non-hydrogen) atoms. The molecule has 1 amide bonds. The molecular weight excluding hydrogens is 250 g/mol. The van der Waals surface area contributed by atoms with Gasteiger partial charge in [-0.25, -0.2) is 0 Å². The van der Waals surface area contributed by atoms with Crippen LogP contribution in [-0.4, -0.2) is 18.1 Å². The van der Waals surface area contributed by atoms with Gasteiger partial charge in [-0.1, -0.05) is 26.3 Å². The van der Waals surface area contributed by atoms with Gasteiger partial charge in [0.15, 0.2) is 6.10 Å². The van der Waals surface area contributed by atoms with E-state index in [1.807, 2.05) is 39.0 Å². The van der Waals surface area contributed by atoms with Crippen LogP contribution < -0.4 is 10.1 Å². The first-order valence-corrected chi connectivity index (χ1v) is 7.52. The van der Waals surface area contributed by atoms with Crippen molar-refractivity contribution in [3.8, 4) is 5.75 Å². The molecule has 0 heterocycles. The van der Waals surface area contributed by atoms with Crippen molar-refractivity contribution in [2.45, 2.75) is 66.0 Å². The molecule has 0 aliphatic carbocycles. The number of aryl methyl sites for hydroxylation is 2. The molecule has 0 spiro atoms. The summed E-state index contributed by atoms with van der Waals surface area (Å²) in [6.07, 6.45) is 2.30. The van der Waals surface area contributed by atoms with E-state index in [0.29, 0.717) is 6.42 Å². The molecule has 0 saturated carbocycles. The van der Waals surface area contributed by atoms with E-state index in [-0.39, 0.29) is 11.9 Å². The number of hydrogen-bond acceptors (Lipinski definition) is 2. The van der Waals surface area contributed by atoms with E-state index < -0.39 is 6.10 Å². The number of carbonyl (C=O) groups is 1. The standard InChI is InChI=1S/C17H27NO2/c1-6-8-14(5)18-17(19)16(7-2)20-15-10-9-12(3)13(4)11-15/h9-11,14,16H,6-8H2,1-5H3,(H,18,19). The summed E-state index contributed by atoms with van der Waals surface area (Å²) < 4.78 is 5.83. The Morgan fingerprint density at radius 3 is 2.50 bits per heavy atom. The Morgan fingerprint density at radius 1 is 1.25 bits per heavy atom. The van der Waals surface area contributed by atoms with Crippen molar-refractivity contribution in [3.63, 3.8) is 0 Å². The first-order chi connectivity index (χ1) is 9.47. The number of carbonyl (C=O) groups excluding carboxylic acids is 1. The summed E-state index contributed by atoms with van der Waals surface area (Å²) in [6, 6.07) is 6.13. The molecule has 3 nitrogen and oxygen atoms in total. The van der Waals surface area contributed by atoms with Gasteiger partial charge in [-0.15, -0.1) is 0 Å². The van der Waals surface area contributed by atoms with Gasteiger partial charge in [0.2, 0.25) is 0 Å². The average molecular weight is 277 g/mol. The molecule has 1 N–H and O–H groups in total. The number of ether oxygens (including phenoxy) is 1. The summed E-state index contributed by atoms with van der Waals surface area (Å²) in [6.45, 7) is 10.2. The molecular formula is C17H27NO2. The lowest BCUT2D eigenvalue weighted by Crippen LogP contribution is -2.42. The number of hydrogen-bond donors (Lipinski definition) is 1. The van der Waals surface area contributed by atoms with Crippen LogP contribution in [0.5, 0.6) is 5.75 Å². The fraction of sp³-hybridized carbons (Fsp3) is 0.588. The maximum absolute atomic E-state index is 12.2. The van der Waals surface area contributed by atoms with Gasteiger partial charge in [-0.3, -0.25) is 4.79 Å². The van der Waals surface area contributed by atoms with Gasteiger partial charge in [0.25, 0.3) is 5.91 Å². The lowest BCUT2D eigenvalue weighted by atomic mass is 10.1. The highest BCUT2D eigenvalue weighted by molar-refractivity contribution is 5.81. The van der Waals surface area contributed by atoms with Gasteiger partial charge in [0.05, 0.1) is 0 Å². The minimum absolute atomic E-state index is 0.0216. The Bertz CT molecular complexity index is 443. The number of benzene rings is 1. The Labute approximate surface area is 122 Å². The summed E-state index contributed by atoms with van der Waals surface area (Å²) >= 11 is 0. The average Bonchev–Trinajstić information content (AvgIpc) is 2.40. The molecule has 0 aromatic heterocycles. The van der Waals surface area contributed by atoms with E-state index in [2.05, 4.69) is 19.2 Å². The van der Waals surface area contributed by atoms with Crippen LogP contribution in [0.2, 0.25) is 0 Å². The van der Waals surface area contributed by atoms with Crippen molar-refractivity contribution < 1.29 is 9.53 Å². The monoisotopic (exact) mass is 277 g/mol. The third-order valence-corrected chi connectivity index (χ3v) is 3.53. The summed E-state index contributed by atoms with van der Waals surface area (Å²) in [4.78, 5) is 12.2. The number of rotatable bonds is 7. The van der Waals surface area contributed by atoms with Gasteiger partial charge in [-0.05, 0) is 56.9 Å². The van der Waals surface area contributed by atoms with E-state index in [9.17, 15) is 4.79 Å². The minimum Gasteiger partial charge on any atom is -0.481 e. The van der Waals surface area contributed by atoms with Crippen molar-refractivity contribution in [1.82, 2.24) is 5.32 Å². The van der Waals surface area contributed by atoms with E-state index in [1.165, 1.54) is 11.1 Å². The zero-order valence-electron chi connectivity index (χ0n) is 13.3. The quantitative estimate of drug-likeness (QED) is 0.824. The molecule has 0 radical (unpaired) electrons. The molecule has 1 aromatic rings. The van der Waals surface area contributed by atoms with Crippen molar-refractivity contribution >= 4 is 5.91 Å². The van der Waals surface area contributed by atoms with Crippen molar-refractivity contribution in [2.75, 3.05) is 0 Å². The number of nitrogens with one attached hydrogen (secondary N) is 1. The van der Waals surface area contributed by atoms with Crippen LogP contribution in [0.15, 0.2) is 18.2 Å². The van der Waals surface area contributed by atoms with Crippen molar-refractivity contribution in [1.29, 1.82) is 0 Å². The third-order valence-electron chi connectivity index (χ3n) is 3.53. The second-order valence-electron chi connectivity index (χ2n) is 5.46. The van der Waals surface area contributed by atoms with Gasteiger partial charge >= 0.3 is 0 Å². The smallest absolute Gasteiger partial charge is 0.261 e. The van der Waals surface area contributed by atoms with Gasteiger partial charge in [0, 0.05) is 6.04 Å². The molecule has 0 fully saturated rings. The second-order valence-corrected chi connectivity index (χ2v) is 5.46. The Balaban J connectivity index is 2.66. The maximum Gasteiger partial charge on any atom is 0.261 e. The fourth-order valence-corrected chi connectivity index (χ4v) is 2.11. The SMILES string of the molecule is CCCC(C)NC(=O)C(CC)Oc1ccc(C)c(C)c1. The van der Waals surface area contributed by atoms with E-state index in [0.717, 1.165) is 18.6 Å². The first-order valence-electron chi connectivity index (χ1n) is 7.52. The van der Waals surface area contributed by atoms with Crippen LogP contribution in [0.4, 0.5) is 0 Å². The second kappa shape index (κ2) is 7.93. The first kappa shape index (κ1) is 16.5. The Morgan fingerprint density at radius 2 is 1.95 bits per heavy atom. The summed E-state index contributed by atoms with van der Waals surface area (Å²) in [7, 11) is 0. The van der Waals surface area contributed by atoms with Crippen LogP contribution in [0.1, 0.15) is 51.2 Å². The van der Waals surface area contributed by atoms with E-state index >= 15 is 0 Å². The van der Waals surface area contributed by atoms with Crippen LogP contribution >= 0.6 is 0 Å². The predicted molar refractivity (Wildman–Crippen MR) is 83.1 cm³/mol. The maximum atomic E-state index is 12.2. The van der Waals surface area contributed by atoms with Gasteiger partial charge in [0.1, 0.15) is 5.75 Å². The van der Waals surface area contributed by atoms with Crippen molar-refractivity contribution in [2.24, 2.45) is 0 Å². The largest absolute Gasteiger partial charge is 0.481 e. The van der Waals surface area contributed by atoms with Crippen molar-refractivity contribution in [3.05, 3.63) is 29.3 Å². The zero-order chi connectivity index (χ0) is 15.1. The van der Waals surface area contributed by atoms with Crippen LogP contribution in [0.3, 0.4) is 0 Å². The number of amides is 1. The molecule has 2 atom stereocenters. The van der Waals surface area contributed by atoms with Gasteiger partial charge < -0.3 is 10.1 Å².